The molecule has 1 heterocycles. The average Bonchev–Trinajstić information content (AvgIpc) is 2.33. The van der Waals surface area contributed by atoms with Crippen LogP contribution in [-0.4, -0.2) is 35.2 Å². The van der Waals surface area contributed by atoms with Crippen LogP contribution in [0.2, 0.25) is 0 Å². The number of nitrogens with zero attached hydrogens (tertiary/aromatic N) is 1. The maximum absolute atomic E-state index is 10.0. The molecule has 2 heteroatoms. The highest BCUT2D eigenvalue weighted by Crippen LogP contribution is 2.27. The molecule has 0 spiro atoms. The van der Waals surface area contributed by atoms with Crippen molar-refractivity contribution in [2.24, 2.45) is 5.92 Å². The van der Waals surface area contributed by atoms with Gasteiger partial charge in [0.2, 0.25) is 0 Å². The van der Waals surface area contributed by atoms with Crippen molar-refractivity contribution in [2.45, 2.75) is 32.8 Å². The van der Waals surface area contributed by atoms with E-state index in [4.69, 9.17) is 0 Å². The average molecular weight is 157 g/mol. The Bertz CT molecular complexity index is 136. The van der Waals surface area contributed by atoms with Crippen molar-refractivity contribution in [3.8, 4) is 0 Å². The van der Waals surface area contributed by atoms with Crippen LogP contribution in [0, 0.1) is 5.92 Å². The SMILES string of the molecule is CCN1CCC(O)(C(C)C)C1. The van der Waals surface area contributed by atoms with E-state index in [1.807, 2.05) is 0 Å². The van der Waals surface area contributed by atoms with Gasteiger partial charge in [0, 0.05) is 13.1 Å². The maximum atomic E-state index is 10.0. The van der Waals surface area contributed by atoms with Crippen molar-refractivity contribution in [1.29, 1.82) is 0 Å². The minimum absolute atomic E-state index is 0.388. The molecule has 0 aromatic carbocycles. The summed E-state index contributed by atoms with van der Waals surface area (Å²) in [5, 5.41) is 10.0. The number of rotatable bonds is 2. The standard InChI is InChI=1S/C9H19NO/c1-4-10-6-5-9(11,7-10)8(2)3/h8,11H,4-7H2,1-3H3. The molecule has 1 unspecified atom stereocenters. The Morgan fingerprint density at radius 3 is 2.45 bits per heavy atom. The smallest absolute Gasteiger partial charge is 0.0808 e. The first kappa shape index (κ1) is 9.01. The van der Waals surface area contributed by atoms with Crippen LogP contribution in [0.25, 0.3) is 0 Å². The molecular formula is C9H19NO. The zero-order chi connectivity index (χ0) is 8.48. The fraction of sp³-hybridized carbons (Fsp3) is 1.00. The van der Waals surface area contributed by atoms with Crippen LogP contribution >= 0.6 is 0 Å². The molecule has 66 valence electrons. The monoisotopic (exact) mass is 157 g/mol. The molecule has 1 N–H and O–H groups in total. The molecule has 1 aliphatic heterocycles. The summed E-state index contributed by atoms with van der Waals surface area (Å²) < 4.78 is 0. The van der Waals surface area contributed by atoms with Gasteiger partial charge in [-0.15, -0.1) is 0 Å². The highest BCUT2D eigenvalue weighted by atomic mass is 16.3. The number of aliphatic hydroxyl groups is 1. The molecule has 0 saturated carbocycles. The van der Waals surface area contributed by atoms with Gasteiger partial charge in [0.05, 0.1) is 5.60 Å². The van der Waals surface area contributed by atoms with Crippen LogP contribution in [-0.2, 0) is 0 Å². The Morgan fingerprint density at radius 2 is 2.18 bits per heavy atom. The summed E-state index contributed by atoms with van der Waals surface area (Å²) in [5.74, 6) is 0.388. The predicted octanol–water partition coefficient (Wildman–Crippen LogP) is 1.10. The highest BCUT2D eigenvalue weighted by molar-refractivity contribution is 4.91. The van der Waals surface area contributed by atoms with Gasteiger partial charge >= 0.3 is 0 Å². The number of hydrogen-bond acceptors (Lipinski definition) is 2. The fourth-order valence-corrected chi connectivity index (χ4v) is 1.64. The summed E-state index contributed by atoms with van der Waals surface area (Å²) >= 11 is 0. The van der Waals surface area contributed by atoms with Crippen molar-refractivity contribution in [3.63, 3.8) is 0 Å². The van der Waals surface area contributed by atoms with Crippen molar-refractivity contribution in [3.05, 3.63) is 0 Å². The lowest BCUT2D eigenvalue weighted by molar-refractivity contribution is 0.00532. The third-order valence-corrected chi connectivity index (χ3v) is 2.88. The van der Waals surface area contributed by atoms with Gasteiger partial charge in [0.1, 0.15) is 0 Å². The molecule has 0 aliphatic carbocycles. The lowest BCUT2D eigenvalue weighted by Gasteiger charge is -2.27. The van der Waals surface area contributed by atoms with Crippen LogP contribution in [0.4, 0.5) is 0 Å². The Hall–Kier alpha value is -0.0800. The molecule has 0 aromatic rings. The van der Waals surface area contributed by atoms with Gasteiger partial charge in [0.15, 0.2) is 0 Å². The summed E-state index contributed by atoms with van der Waals surface area (Å²) in [6, 6.07) is 0. The van der Waals surface area contributed by atoms with Crippen LogP contribution in [0.15, 0.2) is 0 Å². The van der Waals surface area contributed by atoms with Crippen molar-refractivity contribution in [1.82, 2.24) is 4.90 Å². The second kappa shape index (κ2) is 3.11. The van der Waals surface area contributed by atoms with Gasteiger partial charge in [-0.05, 0) is 18.9 Å². The summed E-state index contributed by atoms with van der Waals surface area (Å²) in [6.07, 6.45) is 0.943. The van der Waals surface area contributed by atoms with Gasteiger partial charge in [-0.3, -0.25) is 0 Å². The molecule has 0 radical (unpaired) electrons. The molecule has 11 heavy (non-hydrogen) atoms. The van der Waals surface area contributed by atoms with Crippen LogP contribution < -0.4 is 0 Å². The number of hydrogen-bond donors (Lipinski definition) is 1. The summed E-state index contributed by atoms with van der Waals surface area (Å²) in [6.45, 7) is 9.33. The van der Waals surface area contributed by atoms with Crippen molar-refractivity contribution >= 4 is 0 Å². The molecule has 0 bridgehead atoms. The van der Waals surface area contributed by atoms with E-state index in [9.17, 15) is 5.11 Å². The van der Waals surface area contributed by atoms with Crippen LogP contribution in [0.3, 0.4) is 0 Å². The van der Waals surface area contributed by atoms with Gasteiger partial charge in [-0.2, -0.15) is 0 Å². The van der Waals surface area contributed by atoms with E-state index < -0.39 is 5.60 Å². The van der Waals surface area contributed by atoms with Crippen LogP contribution in [0.1, 0.15) is 27.2 Å². The summed E-state index contributed by atoms with van der Waals surface area (Å²) in [7, 11) is 0. The Labute approximate surface area is 69.2 Å². The number of β-amino-alcohol motifs (C(OH)–C–C–N with tert-alkyl or cyclic N) is 1. The second-order valence-electron chi connectivity index (χ2n) is 3.88. The van der Waals surface area contributed by atoms with E-state index >= 15 is 0 Å². The molecule has 1 saturated heterocycles. The summed E-state index contributed by atoms with van der Waals surface area (Å²) in [5.41, 5.74) is -0.407. The Kier molecular flexibility index (Phi) is 2.55. The van der Waals surface area contributed by atoms with Crippen LogP contribution in [0.5, 0.6) is 0 Å². The second-order valence-corrected chi connectivity index (χ2v) is 3.88. The van der Waals surface area contributed by atoms with Crippen molar-refractivity contribution in [2.75, 3.05) is 19.6 Å². The van der Waals surface area contributed by atoms with Crippen molar-refractivity contribution < 1.29 is 5.11 Å². The van der Waals surface area contributed by atoms with Gasteiger partial charge in [-0.1, -0.05) is 20.8 Å². The molecule has 1 rings (SSSR count). The van der Waals surface area contributed by atoms with E-state index in [0.717, 1.165) is 26.1 Å². The zero-order valence-corrected chi connectivity index (χ0v) is 7.80. The maximum Gasteiger partial charge on any atom is 0.0808 e. The van der Waals surface area contributed by atoms with E-state index in [0.29, 0.717) is 5.92 Å². The van der Waals surface area contributed by atoms with Gasteiger partial charge < -0.3 is 10.0 Å². The molecule has 0 aromatic heterocycles. The molecule has 2 nitrogen and oxygen atoms in total. The Morgan fingerprint density at radius 1 is 1.55 bits per heavy atom. The molecule has 0 amide bonds. The van der Waals surface area contributed by atoms with Gasteiger partial charge in [0.25, 0.3) is 0 Å². The lowest BCUT2D eigenvalue weighted by Crippen LogP contribution is -2.38. The minimum Gasteiger partial charge on any atom is -0.388 e. The lowest BCUT2D eigenvalue weighted by atomic mass is 9.90. The highest BCUT2D eigenvalue weighted by Gasteiger charge is 2.37. The molecule has 1 fully saturated rings. The number of likely N-dealkylation sites (N-methyl/N-ethyl adjacent to an activating group) is 1. The largest absolute Gasteiger partial charge is 0.388 e. The first-order chi connectivity index (χ1) is 5.08. The molecular weight excluding hydrogens is 138 g/mol. The first-order valence-electron chi connectivity index (χ1n) is 4.53. The minimum atomic E-state index is -0.407. The number of likely N-dealkylation sites (tertiary alicyclic amines) is 1. The third kappa shape index (κ3) is 1.74. The summed E-state index contributed by atoms with van der Waals surface area (Å²) in [4.78, 5) is 2.31. The molecule has 1 atom stereocenters. The first-order valence-corrected chi connectivity index (χ1v) is 4.53. The fourth-order valence-electron chi connectivity index (χ4n) is 1.64. The van der Waals surface area contributed by atoms with E-state index in [-0.39, 0.29) is 0 Å². The topological polar surface area (TPSA) is 23.5 Å². The Balaban J connectivity index is 2.50. The van der Waals surface area contributed by atoms with E-state index in [2.05, 4.69) is 25.7 Å². The zero-order valence-electron chi connectivity index (χ0n) is 7.80. The predicted molar refractivity (Wildman–Crippen MR) is 46.5 cm³/mol. The van der Waals surface area contributed by atoms with E-state index in [1.54, 1.807) is 0 Å². The van der Waals surface area contributed by atoms with E-state index in [1.165, 1.54) is 0 Å². The normalized spacial score (nSPS) is 33.5. The quantitative estimate of drug-likeness (QED) is 0.649. The third-order valence-electron chi connectivity index (χ3n) is 2.88. The van der Waals surface area contributed by atoms with Gasteiger partial charge in [-0.25, -0.2) is 0 Å². The molecule has 1 aliphatic rings.